The van der Waals surface area contributed by atoms with Gasteiger partial charge in [-0.1, -0.05) is 13.8 Å². The number of ether oxygens (including phenoxy) is 1. The number of carboxylic acid groups (broad SMARTS) is 1. The molecule has 0 bridgehead atoms. The highest BCUT2D eigenvalue weighted by molar-refractivity contribution is 5.88. The molecule has 5 heteroatoms. The fraction of sp³-hybridized carbons (Fsp3) is 0.467. The number of hydrogen-bond acceptors (Lipinski definition) is 3. The molecule has 0 aromatic heterocycles. The molecular formula is C15H21NO4. The minimum absolute atomic E-state index is 0.0790. The zero-order valence-corrected chi connectivity index (χ0v) is 12.3. The monoisotopic (exact) mass is 279 g/mol. The lowest BCUT2D eigenvalue weighted by atomic mass is 10.1. The van der Waals surface area contributed by atoms with E-state index >= 15 is 0 Å². The van der Waals surface area contributed by atoms with Crippen molar-refractivity contribution in [3.63, 3.8) is 0 Å². The van der Waals surface area contributed by atoms with Gasteiger partial charge in [-0.3, -0.25) is 4.79 Å². The molecule has 0 aliphatic rings. The van der Waals surface area contributed by atoms with E-state index in [1.807, 2.05) is 20.8 Å². The average Bonchev–Trinajstić information content (AvgIpc) is 2.36. The van der Waals surface area contributed by atoms with Gasteiger partial charge in [-0.15, -0.1) is 0 Å². The second-order valence-electron chi connectivity index (χ2n) is 5.17. The van der Waals surface area contributed by atoms with Gasteiger partial charge in [0.05, 0.1) is 5.56 Å². The molecule has 5 nitrogen and oxygen atoms in total. The van der Waals surface area contributed by atoms with Crippen LogP contribution in [0.2, 0.25) is 0 Å². The second-order valence-corrected chi connectivity index (χ2v) is 5.17. The molecule has 1 rings (SSSR count). The summed E-state index contributed by atoms with van der Waals surface area (Å²) in [6, 6.07) is 4.63. The summed E-state index contributed by atoms with van der Waals surface area (Å²) in [4.78, 5) is 22.5. The highest BCUT2D eigenvalue weighted by atomic mass is 16.5. The third-order valence-corrected chi connectivity index (χ3v) is 3.17. The molecule has 1 atom stereocenters. The van der Waals surface area contributed by atoms with Crippen LogP contribution in [0.25, 0.3) is 0 Å². The number of hydrogen-bond donors (Lipinski definition) is 2. The summed E-state index contributed by atoms with van der Waals surface area (Å²) >= 11 is 0. The van der Waals surface area contributed by atoms with Gasteiger partial charge in [0.2, 0.25) is 0 Å². The second kappa shape index (κ2) is 6.93. The van der Waals surface area contributed by atoms with E-state index in [2.05, 4.69) is 5.32 Å². The maximum atomic E-state index is 11.7. The van der Waals surface area contributed by atoms with Crippen LogP contribution in [-0.4, -0.2) is 29.6 Å². The molecule has 0 heterocycles. The SMILES string of the molecule is Cc1cc(C(=O)O)ccc1OCC(=O)NC(C)C(C)C. The van der Waals surface area contributed by atoms with Gasteiger partial charge < -0.3 is 15.2 Å². The Morgan fingerprint density at radius 1 is 1.30 bits per heavy atom. The van der Waals surface area contributed by atoms with Crippen molar-refractivity contribution >= 4 is 11.9 Å². The topological polar surface area (TPSA) is 75.6 Å². The molecule has 0 aliphatic heterocycles. The number of amides is 1. The molecule has 1 aromatic carbocycles. The van der Waals surface area contributed by atoms with Crippen LogP contribution in [0.15, 0.2) is 18.2 Å². The molecule has 2 N–H and O–H groups in total. The van der Waals surface area contributed by atoms with Gasteiger partial charge in [0.1, 0.15) is 5.75 Å². The van der Waals surface area contributed by atoms with Crippen LogP contribution >= 0.6 is 0 Å². The van der Waals surface area contributed by atoms with E-state index in [0.717, 1.165) is 0 Å². The summed E-state index contributed by atoms with van der Waals surface area (Å²) in [6.45, 7) is 7.66. The third-order valence-electron chi connectivity index (χ3n) is 3.17. The van der Waals surface area contributed by atoms with Gasteiger partial charge in [-0.2, -0.15) is 0 Å². The Hall–Kier alpha value is -2.04. The molecule has 0 spiro atoms. The Balaban J connectivity index is 2.58. The van der Waals surface area contributed by atoms with E-state index in [0.29, 0.717) is 17.2 Å². The Bertz CT molecular complexity index is 497. The molecule has 20 heavy (non-hydrogen) atoms. The normalized spacial score (nSPS) is 12.1. The van der Waals surface area contributed by atoms with E-state index in [9.17, 15) is 9.59 Å². The van der Waals surface area contributed by atoms with E-state index in [1.54, 1.807) is 13.0 Å². The molecule has 1 aromatic rings. The van der Waals surface area contributed by atoms with Gasteiger partial charge in [-0.25, -0.2) is 4.79 Å². The van der Waals surface area contributed by atoms with E-state index in [1.165, 1.54) is 12.1 Å². The summed E-state index contributed by atoms with van der Waals surface area (Å²) in [5.74, 6) is -0.297. The number of aryl methyl sites for hydroxylation is 1. The lowest BCUT2D eigenvalue weighted by Crippen LogP contribution is -2.39. The zero-order chi connectivity index (χ0) is 15.3. The first-order valence-corrected chi connectivity index (χ1v) is 6.57. The van der Waals surface area contributed by atoms with Crippen LogP contribution in [-0.2, 0) is 4.79 Å². The first-order chi connectivity index (χ1) is 9.31. The minimum Gasteiger partial charge on any atom is -0.484 e. The fourth-order valence-corrected chi connectivity index (χ4v) is 1.55. The average molecular weight is 279 g/mol. The first-order valence-electron chi connectivity index (χ1n) is 6.57. The highest BCUT2D eigenvalue weighted by Gasteiger charge is 2.12. The number of benzene rings is 1. The largest absolute Gasteiger partial charge is 0.484 e. The smallest absolute Gasteiger partial charge is 0.335 e. The lowest BCUT2D eigenvalue weighted by molar-refractivity contribution is -0.124. The van der Waals surface area contributed by atoms with Gasteiger partial charge in [-0.05, 0) is 43.5 Å². The minimum atomic E-state index is -0.983. The third kappa shape index (κ3) is 4.57. The Morgan fingerprint density at radius 3 is 2.45 bits per heavy atom. The molecule has 1 unspecified atom stereocenters. The predicted molar refractivity (Wildman–Crippen MR) is 76.1 cm³/mol. The molecule has 0 radical (unpaired) electrons. The fourth-order valence-electron chi connectivity index (χ4n) is 1.55. The number of carbonyl (C=O) groups is 2. The Kier molecular flexibility index (Phi) is 5.55. The molecular weight excluding hydrogens is 258 g/mol. The summed E-state index contributed by atoms with van der Waals surface area (Å²) < 4.78 is 5.41. The van der Waals surface area contributed by atoms with Gasteiger partial charge in [0.15, 0.2) is 6.61 Å². The maximum Gasteiger partial charge on any atom is 0.335 e. The highest BCUT2D eigenvalue weighted by Crippen LogP contribution is 2.19. The van der Waals surface area contributed by atoms with E-state index < -0.39 is 5.97 Å². The number of carboxylic acids is 1. The van der Waals surface area contributed by atoms with Gasteiger partial charge in [0.25, 0.3) is 5.91 Å². The summed E-state index contributed by atoms with van der Waals surface area (Å²) in [5, 5.41) is 11.7. The number of rotatable bonds is 6. The molecule has 1 amide bonds. The Morgan fingerprint density at radius 2 is 1.95 bits per heavy atom. The summed E-state index contributed by atoms with van der Waals surface area (Å²) in [7, 11) is 0. The summed E-state index contributed by atoms with van der Waals surface area (Å²) in [5.41, 5.74) is 0.891. The molecule has 0 fully saturated rings. The zero-order valence-electron chi connectivity index (χ0n) is 12.3. The molecule has 0 saturated carbocycles. The van der Waals surface area contributed by atoms with Crippen LogP contribution in [0.3, 0.4) is 0 Å². The van der Waals surface area contributed by atoms with Crippen LogP contribution in [0.5, 0.6) is 5.75 Å². The molecule has 0 aliphatic carbocycles. The lowest BCUT2D eigenvalue weighted by Gasteiger charge is -2.17. The van der Waals surface area contributed by atoms with E-state index in [4.69, 9.17) is 9.84 Å². The van der Waals surface area contributed by atoms with Crippen molar-refractivity contribution in [3.8, 4) is 5.75 Å². The van der Waals surface area contributed by atoms with Crippen LogP contribution in [0, 0.1) is 12.8 Å². The quantitative estimate of drug-likeness (QED) is 0.837. The van der Waals surface area contributed by atoms with Crippen molar-refractivity contribution in [3.05, 3.63) is 29.3 Å². The number of nitrogens with one attached hydrogen (secondary N) is 1. The van der Waals surface area contributed by atoms with E-state index in [-0.39, 0.29) is 24.1 Å². The number of aromatic carboxylic acids is 1. The molecule has 0 saturated heterocycles. The van der Waals surface area contributed by atoms with Crippen molar-refractivity contribution in [1.29, 1.82) is 0 Å². The van der Waals surface area contributed by atoms with Crippen molar-refractivity contribution in [2.45, 2.75) is 33.7 Å². The standard InChI is InChI=1S/C15H21NO4/c1-9(2)11(4)16-14(17)8-20-13-6-5-12(15(18)19)7-10(13)3/h5-7,9,11H,8H2,1-4H3,(H,16,17)(H,18,19). The van der Waals surface area contributed by atoms with Crippen LogP contribution in [0.4, 0.5) is 0 Å². The molecule has 110 valence electrons. The van der Waals surface area contributed by atoms with Crippen LogP contribution in [0.1, 0.15) is 36.7 Å². The van der Waals surface area contributed by atoms with Crippen LogP contribution < -0.4 is 10.1 Å². The predicted octanol–water partition coefficient (Wildman–Crippen LogP) is 2.23. The van der Waals surface area contributed by atoms with Crippen molar-refractivity contribution in [2.24, 2.45) is 5.92 Å². The maximum absolute atomic E-state index is 11.7. The first kappa shape index (κ1) is 16.0. The van der Waals surface area contributed by atoms with Crippen molar-refractivity contribution < 1.29 is 19.4 Å². The van der Waals surface area contributed by atoms with Gasteiger partial charge >= 0.3 is 5.97 Å². The summed E-state index contributed by atoms with van der Waals surface area (Å²) in [6.07, 6.45) is 0. The van der Waals surface area contributed by atoms with Crippen molar-refractivity contribution in [2.75, 3.05) is 6.61 Å². The number of carbonyl (C=O) groups excluding carboxylic acids is 1. The van der Waals surface area contributed by atoms with Gasteiger partial charge in [0, 0.05) is 6.04 Å². The van der Waals surface area contributed by atoms with Crippen molar-refractivity contribution in [1.82, 2.24) is 5.32 Å². The Labute approximate surface area is 118 Å².